The lowest BCUT2D eigenvalue weighted by Gasteiger charge is -2.24. The first-order valence-electron chi connectivity index (χ1n) is 20.5. The lowest BCUT2D eigenvalue weighted by molar-refractivity contribution is -0.169. The molecule has 0 aromatic carbocycles. The molecule has 0 aliphatic carbocycles. The Morgan fingerprint density at radius 1 is 0.673 bits per heavy atom. The molecule has 1 fully saturated rings. The number of H-pyrrole nitrogens is 1. The Hall–Kier alpha value is -3.28. The monoisotopic (exact) mass is 730 g/mol. The summed E-state index contributed by atoms with van der Waals surface area (Å²) < 4.78 is 25.6. The summed E-state index contributed by atoms with van der Waals surface area (Å²) in [5, 5.41) is 4.62. The highest BCUT2D eigenvalue weighted by Crippen LogP contribution is 2.36. The number of fused-ring (bicyclic) bond motifs is 1. The predicted molar refractivity (Wildman–Crippen MR) is 201 cm³/mol. The number of hydrogen-bond donors (Lipinski definition) is 1. The van der Waals surface area contributed by atoms with Crippen molar-refractivity contribution < 1.29 is 33.3 Å². The highest BCUT2D eigenvalue weighted by Gasteiger charge is 2.52. The van der Waals surface area contributed by atoms with Crippen LogP contribution in [0.4, 0.5) is 0 Å². The van der Waals surface area contributed by atoms with Gasteiger partial charge in [-0.1, -0.05) is 136 Å². The molecular formula is C40H66N4O8. The van der Waals surface area contributed by atoms with E-state index in [2.05, 4.69) is 35.8 Å². The Labute approximate surface area is 310 Å². The fraction of sp³-hybridized carbons (Fsp3) is 0.800. The molecule has 0 unspecified atom stereocenters. The standard InChI is InChI=1S/C40H66N4O8/c1-4-7-10-13-16-19-22-25-33(45)49-29-32-36(51-34(46)26-23-20-17-14-11-8-5-2)37(52-35(47)27-24-21-18-15-12-9-6-3)40(50-32)44-38-31(28-43-44)39(48)42-30-41-38/h28,30,32,36-37,40H,4-27,29H2,1-3H3,(H,41,42,48)/t32-,36-,37-,40-/m1/s1. The van der Waals surface area contributed by atoms with Crippen molar-refractivity contribution in [3.8, 4) is 0 Å². The van der Waals surface area contributed by atoms with E-state index in [0.29, 0.717) is 12.8 Å². The summed E-state index contributed by atoms with van der Waals surface area (Å²) >= 11 is 0. The maximum atomic E-state index is 13.3. The van der Waals surface area contributed by atoms with Crippen molar-refractivity contribution in [3.63, 3.8) is 0 Å². The fourth-order valence-electron chi connectivity index (χ4n) is 6.72. The quantitative estimate of drug-likeness (QED) is 0.0488. The van der Waals surface area contributed by atoms with Gasteiger partial charge in [-0.05, 0) is 19.3 Å². The van der Waals surface area contributed by atoms with Crippen LogP contribution >= 0.6 is 0 Å². The molecule has 0 radical (unpaired) electrons. The minimum absolute atomic E-state index is 0.194. The maximum absolute atomic E-state index is 13.3. The van der Waals surface area contributed by atoms with E-state index in [-0.39, 0.29) is 48.4 Å². The molecule has 3 heterocycles. The molecule has 12 nitrogen and oxygen atoms in total. The molecule has 4 atom stereocenters. The van der Waals surface area contributed by atoms with Gasteiger partial charge >= 0.3 is 17.9 Å². The number of rotatable bonds is 29. The molecule has 2 aromatic rings. The number of esters is 3. The molecule has 0 spiro atoms. The first-order chi connectivity index (χ1) is 25.4. The van der Waals surface area contributed by atoms with Gasteiger partial charge < -0.3 is 23.9 Å². The van der Waals surface area contributed by atoms with Crippen molar-refractivity contribution in [2.75, 3.05) is 6.61 Å². The number of hydrogen-bond acceptors (Lipinski definition) is 10. The summed E-state index contributed by atoms with van der Waals surface area (Å²) in [5.74, 6) is -1.24. The molecule has 0 bridgehead atoms. The summed E-state index contributed by atoms with van der Waals surface area (Å²) in [4.78, 5) is 58.8. The van der Waals surface area contributed by atoms with Crippen molar-refractivity contribution in [1.29, 1.82) is 0 Å². The van der Waals surface area contributed by atoms with E-state index in [1.165, 1.54) is 75.0 Å². The predicted octanol–water partition coefficient (Wildman–Crippen LogP) is 8.81. The lowest BCUT2D eigenvalue weighted by Crippen LogP contribution is -2.41. The van der Waals surface area contributed by atoms with Crippen LogP contribution in [0.5, 0.6) is 0 Å². The largest absolute Gasteiger partial charge is 0.463 e. The SMILES string of the molecule is CCCCCCCCCC(=O)OC[C@H]1O[C@@H](n2ncc3c(=O)[nH]cnc32)[C@H](OC(=O)CCCCCCCCC)[C@@H]1OC(=O)CCCCCCCCC. The number of carbonyl (C=O) groups excluding carboxylic acids is 3. The second-order valence-corrected chi connectivity index (χ2v) is 14.3. The van der Waals surface area contributed by atoms with Crippen LogP contribution in [0.2, 0.25) is 0 Å². The van der Waals surface area contributed by atoms with Gasteiger partial charge in [-0.3, -0.25) is 19.2 Å². The minimum atomic E-state index is -1.11. The maximum Gasteiger partial charge on any atom is 0.306 e. The van der Waals surface area contributed by atoms with Gasteiger partial charge in [-0.2, -0.15) is 5.10 Å². The summed E-state index contributed by atoms with van der Waals surface area (Å²) in [7, 11) is 0. The molecule has 1 saturated heterocycles. The average molecular weight is 731 g/mol. The third kappa shape index (κ3) is 15.4. The number of unbranched alkanes of at least 4 members (excludes halogenated alkanes) is 18. The zero-order chi connectivity index (χ0) is 37.4. The molecule has 12 heteroatoms. The minimum Gasteiger partial charge on any atom is -0.463 e. The summed E-state index contributed by atoms with van der Waals surface area (Å²) in [6.45, 7) is 6.36. The van der Waals surface area contributed by atoms with Crippen LogP contribution in [0.15, 0.2) is 17.3 Å². The van der Waals surface area contributed by atoms with Crippen LogP contribution in [0.1, 0.15) is 181 Å². The summed E-state index contributed by atoms with van der Waals surface area (Å²) in [6.07, 6.45) is 21.4. The highest BCUT2D eigenvalue weighted by molar-refractivity contribution is 5.73. The van der Waals surface area contributed by atoms with E-state index in [1.807, 2.05) is 0 Å². The lowest BCUT2D eigenvalue weighted by atomic mass is 10.1. The number of aromatic nitrogens is 4. The van der Waals surface area contributed by atoms with Crippen LogP contribution < -0.4 is 5.56 Å². The third-order valence-corrected chi connectivity index (χ3v) is 9.82. The average Bonchev–Trinajstić information content (AvgIpc) is 3.71. The molecule has 1 aliphatic rings. The second-order valence-electron chi connectivity index (χ2n) is 14.3. The van der Waals surface area contributed by atoms with Crippen molar-refractivity contribution in [1.82, 2.24) is 19.7 Å². The number of aromatic amines is 1. The molecule has 0 saturated carbocycles. The van der Waals surface area contributed by atoms with Crippen molar-refractivity contribution in [2.24, 2.45) is 0 Å². The smallest absolute Gasteiger partial charge is 0.306 e. The third-order valence-electron chi connectivity index (χ3n) is 9.82. The number of ether oxygens (including phenoxy) is 4. The van der Waals surface area contributed by atoms with Gasteiger partial charge in [0.1, 0.15) is 18.1 Å². The van der Waals surface area contributed by atoms with Crippen molar-refractivity contribution in [3.05, 3.63) is 22.9 Å². The van der Waals surface area contributed by atoms with E-state index in [0.717, 1.165) is 64.2 Å². The van der Waals surface area contributed by atoms with Gasteiger partial charge in [0.2, 0.25) is 0 Å². The fourth-order valence-corrected chi connectivity index (χ4v) is 6.72. The van der Waals surface area contributed by atoms with Crippen molar-refractivity contribution >= 4 is 28.9 Å². The van der Waals surface area contributed by atoms with E-state index in [9.17, 15) is 19.2 Å². The Kier molecular flexibility index (Phi) is 21.3. The van der Waals surface area contributed by atoms with Crippen LogP contribution in [-0.4, -0.2) is 62.6 Å². The van der Waals surface area contributed by atoms with Crippen LogP contribution in [-0.2, 0) is 33.3 Å². The molecule has 0 amide bonds. The van der Waals surface area contributed by atoms with Gasteiger partial charge in [0.15, 0.2) is 24.1 Å². The highest BCUT2D eigenvalue weighted by atomic mass is 16.7. The van der Waals surface area contributed by atoms with Crippen LogP contribution in [0, 0.1) is 0 Å². The Morgan fingerprint density at radius 3 is 1.65 bits per heavy atom. The Morgan fingerprint density at radius 2 is 1.13 bits per heavy atom. The Bertz CT molecular complexity index is 1360. The molecule has 3 rings (SSSR count). The van der Waals surface area contributed by atoms with E-state index in [1.54, 1.807) is 0 Å². The number of nitrogens with one attached hydrogen (secondary N) is 1. The van der Waals surface area contributed by atoms with Gasteiger partial charge in [0.25, 0.3) is 5.56 Å². The van der Waals surface area contributed by atoms with E-state index < -0.39 is 36.5 Å². The molecule has 294 valence electrons. The first-order valence-corrected chi connectivity index (χ1v) is 20.5. The van der Waals surface area contributed by atoms with Crippen LogP contribution in [0.25, 0.3) is 11.0 Å². The normalized spacial score (nSPS) is 18.5. The number of nitrogens with zero attached hydrogens (tertiary/aromatic N) is 3. The zero-order valence-electron chi connectivity index (χ0n) is 32.2. The molecule has 1 N–H and O–H groups in total. The van der Waals surface area contributed by atoms with Gasteiger partial charge in [0.05, 0.1) is 12.5 Å². The second kappa shape index (κ2) is 25.7. The van der Waals surface area contributed by atoms with Gasteiger partial charge in [-0.25, -0.2) is 9.67 Å². The summed E-state index contributed by atoms with van der Waals surface area (Å²) in [5.41, 5.74) is -0.151. The Balaban J connectivity index is 1.73. The van der Waals surface area contributed by atoms with Gasteiger partial charge in [-0.15, -0.1) is 0 Å². The van der Waals surface area contributed by atoms with Crippen molar-refractivity contribution in [2.45, 2.75) is 199 Å². The van der Waals surface area contributed by atoms with E-state index >= 15 is 0 Å². The number of carbonyl (C=O) groups is 3. The topological polar surface area (TPSA) is 152 Å². The zero-order valence-corrected chi connectivity index (χ0v) is 32.2. The summed E-state index contributed by atoms with van der Waals surface area (Å²) in [6, 6.07) is 0. The van der Waals surface area contributed by atoms with E-state index in [4.69, 9.17) is 18.9 Å². The van der Waals surface area contributed by atoms with Crippen LogP contribution in [0.3, 0.4) is 0 Å². The molecule has 52 heavy (non-hydrogen) atoms. The molecule has 1 aliphatic heterocycles. The van der Waals surface area contributed by atoms with Gasteiger partial charge in [0, 0.05) is 19.3 Å². The molecule has 2 aromatic heterocycles. The first kappa shape index (κ1) is 43.1. The molecular weight excluding hydrogens is 664 g/mol.